The first-order chi connectivity index (χ1) is 3.30. The molecule has 3 heteroatoms. The molecular formula is C4H8NO2-. The van der Waals surface area contributed by atoms with Crippen molar-refractivity contribution in [2.24, 2.45) is 0 Å². The lowest BCUT2D eigenvalue weighted by atomic mass is 10.3. The van der Waals surface area contributed by atoms with Gasteiger partial charge >= 0.3 is 0 Å². The second-order valence-electron chi connectivity index (χ2n) is 1.76. The molecule has 1 unspecified atom stereocenters. The van der Waals surface area contributed by atoms with Crippen LogP contribution in [0, 0.1) is 5.21 Å². The van der Waals surface area contributed by atoms with E-state index in [9.17, 15) is 5.21 Å². The van der Waals surface area contributed by atoms with Crippen LogP contribution in [0.2, 0.25) is 0 Å². The molecule has 0 saturated carbocycles. The number of hydrogen-bond acceptors (Lipinski definition) is 3. The quantitative estimate of drug-likeness (QED) is 0.447. The summed E-state index contributed by atoms with van der Waals surface area (Å²) in [6.45, 7) is 2.44. The molecule has 0 N–H and O–H groups in total. The molecule has 0 bridgehead atoms. The Labute approximate surface area is 42.4 Å². The largest absolute Gasteiger partial charge is 0.762 e. The van der Waals surface area contributed by atoms with Crippen molar-refractivity contribution in [3.05, 3.63) is 5.21 Å². The van der Waals surface area contributed by atoms with E-state index in [1.165, 1.54) is 0 Å². The lowest BCUT2D eigenvalue weighted by Crippen LogP contribution is -2.17. The highest BCUT2D eigenvalue weighted by molar-refractivity contribution is 4.63. The Kier molecular flexibility index (Phi) is 1.27. The maximum atomic E-state index is 10.3. The second kappa shape index (κ2) is 1.78. The maximum absolute atomic E-state index is 10.3. The zero-order chi connectivity index (χ0) is 5.28. The van der Waals surface area contributed by atoms with E-state index in [1.54, 1.807) is 0 Å². The average molecular weight is 102 g/mol. The van der Waals surface area contributed by atoms with E-state index in [1.807, 2.05) is 6.92 Å². The molecule has 42 valence electrons. The summed E-state index contributed by atoms with van der Waals surface area (Å²) < 4.78 is 0. The number of hydrogen-bond donors (Lipinski definition) is 0. The molecule has 1 atom stereocenters. The molecule has 0 aliphatic carbocycles. The summed E-state index contributed by atoms with van der Waals surface area (Å²) >= 11 is 0. The summed E-state index contributed by atoms with van der Waals surface area (Å²) in [5.41, 5.74) is 0. The highest BCUT2D eigenvalue weighted by Crippen LogP contribution is 2.10. The first-order valence-corrected chi connectivity index (χ1v) is 2.40. The summed E-state index contributed by atoms with van der Waals surface area (Å²) in [6, 6.07) is 0.0694. The summed E-state index contributed by atoms with van der Waals surface area (Å²) in [5, 5.41) is 10.9. The van der Waals surface area contributed by atoms with Gasteiger partial charge in [0.1, 0.15) is 0 Å². The first-order valence-electron chi connectivity index (χ1n) is 2.40. The van der Waals surface area contributed by atoms with Crippen LogP contribution in [0.25, 0.3) is 0 Å². The minimum absolute atomic E-state index is 0.0694. The predicted molar refractivity (Wildman–Crippen MR) is 25.2 cm³/mol. The van der Waals surface area contributed by atoms with E-state index in [2.05, 4.69) is 4.84 Å². The summed E-state index contributed by atoms with van der Waals surface area (Å²) in [6.07, 6.45) is 0.865. The fourth-order valence-electron chi connectivity index (χ4n) is 0.546. The fourth-order valence-corrected chi connectivity index (χ4v) is 0.546. The van der Waals surface area contributed by atoms with Crippen LogP contribution in [0.3, 0.4) is 0 Å². The Morgan fingerprint density at radius 1 is 1.86 bits per heavy atom. The number of hydroxylamine groups is 2. The van der Waals surface area contributed by atoms with Gasteiger partial charge in [-0.15, -0.1) is 0 Å². The minimum Gasteiger partial charge on any atom is -0.762 e. The van der Waals surface area contributed by atoms with Gasteiger partial charge in [-0.05, 0) is 13.3 Å². The van der Waals surface area contributed by atoms with Crippen LogP contribution in [0.4, 0.5) is 0 Å². The maximum Gasteiger partial charge on any atom is 0.0688 e. The molecule has 0 radical (unpaired) electrons. The van der Waals surface area contributed by atoms with Gasteiger partial charge < -0.3 is 10.0 Å². The molecule has 1 saturated heterocycles. The second-order valence-corrected chi connectivity index (χ2v) is 1.76. The van der Waals surface area contributed by atoms with Crippen LogP contribution in [-0.2, 0) is 4.84 Å². The van der Waals surface area contributed by atoms with Crippen molar-refractivity contribution in [3.63, 3.8) is 0 Å². The van der Waals surface area contributed by atoms with Crippen molar-refractivity contribution in [3.8, 4) is 0 Å². The van der Waals surface area contributed by atoms with Crippen molar-refractivity contribution in [2.75, 3.05) is 6.61 Å². The van der Waals surface area contributed by atoms with Crippen LogP contribution in [0.5, 0.6) is 0 Å². The highest BCUT2D eigenvalue weighted by atomic mass is 16.9. The summed E-state index contributed by atoms with van der Waals surface area (Å²) in [7, 11) is 0. The number of nitrogens with zero attached hydrogens (tertiary/aromatic N) is 1. The molecule has 0 aromatic heterocycles. The molecule has 7 heavy (non-hydrogen) atoms. The van der Waals surface area contributed by atoms with Crippen LogP contribution < -0.4 is 0 Å². The van der Waals surface area contributed by atoms with Crippen LogP contribution in [0.1, 0.15) is 13.3 Å². The number of rotatable bonds is 0. The Bertz CT molecular complexity index is 58.7. The van der Waals surface area contributed by atoms with Gasteiger partial charge in [0.05, 0.1) is 6.61 Å². The topological polar surface area (TPSA) is 35.5 Å². The third-order valence-corrected chi connectivity index (χ3v) is 1.11. The van der Waals surface area contributed by atoms with Crippen LogP contribution >= 0.6 is 0 Å². The lowest BCUT2D eigenvalue weighted by molar-refractivity contribution is -0.0844. The Morgan fingerprint density at radius 2 is 2.57 bits per heavy atom. The third-order valence-electron chi connectivity index (χ3n) is 1.11. The lowest BCUT2D eigenvalue weighted by Gasteiger charge is -2.23. The van der Waals surface area contributed by atoms with Gasteiger partial charge in [-0.2, -0.15) is 0 Å². The third kappa shape index (κ3) is 0.907. The van der Waals surface area contributed by atoms with Gasteiger partial charge in [-0.1, -0.05) is 0 Å². The molecule has 0 amide bonds. The van der Waals surface area contributed by atoms with Crippen molar-refractivity contribution < 1.29 is 4.84 Å². The zero-order valence-corrected chi connectivity index (χ0v) is 4.26. The monoisotopic (exact) mass is 102 g/mol. The molecule has 1 aliphatic rings. The molecule has 1 fully saturated rings. The van der Waals surface area contributed by atoms with Gasteiger partial charge in [-0.25, -0.2) is 0 Å². The highest BCUT2D eigenvalue weighted by Gasteiger charge is 2.11. The molecule has 1 rings (SSSR count). The van der Waals surface area contributed by atoms with E-state index in [4.69, 9.17) is 0 Å². The summed E-state index contributed by atoms with van der Waals surface area (Å²) in [5.74, 6) is 0. The zero-order valence-electron chi connectivity index (χ0n) is 4.26. The van der Waals surface area contributed by atoms with Crippen LogP contribution in [0.15, 0.2) is 0 Å². The van der Waals surface area contributed by atoms with Crippen molar-refractivity contribution in [2.45, 2.75) is 19.4 Å². The average Bonchev–Trinajstić information content (AvgIpc) is 1.91. The molecule has 0 aromatic rings. The molecular weight excluding hydrogens is 94.0 g/mol. The van der Waals surface area contributed by atoms with Gasteiger partial charge in [0, 0.05) is 6.04 Å². The standard InChI is InChI=1S/C4H8NO2/c1-4-2-3-7-5(4)6/h4H,2-3H2,1H3/q-1. The van der Waals surface area contributed by atoms with Gasteiger partial charge in [0.2, 0.25) is 0 Å². The summed E-state index contributed by atoms with van der Waals surface area (Å²) in [4.78, 5) is 4.54. The Hall–Kier alpha value is -0.120. The fraction of sp³-hybridized carbons (Fsp3) is 1.00. The molecule has 0 spiro atoms. The SMILES string of the molecule is CC1CCON1[O-]. The van der Waals surface area contributed by atoms with Gasteiger partial charge in [0.25, 0.3) is 0 Å². The normalized spacial score (nSPS) is 34.3. The van der Waals surface area contributed by atoms with Crippen molar-refractivity contribution in [1.82, 2.24) is 5.23 Å². The van der Waals surface area contributed by atoms with Crippen molar-refractivity contribution >= 4 is 0 Å². The smallest absolute Gasteiger partial charge is 0.0688 e. The molecule has 1 heterocycles. The molecule has 3 nitrogen and oxygen atoms in total. The van der Waals surface area contributed by atoms with Crippen LogP contribution in [-0.4, -0.2) is 17.9 Å². The van der Waals surface area contributed by atoms with Gasteiger partial charge in [0.15, 0.2) is 0 Å². The van der Waals surface area contributed by atoms with E-state index < -0.39 is 0 Å². The van der Waals surface area contributed by atoms with E-state index >= 15 is 0 Å². The van der Waals surface area contributed by atoms with Crippen molar-refractivity contribution in [1.29, 1.82) is 0 Å². The van der Waals surface area contributed by atoms with E-state index in [0.29, 0.717) is 11.8 Å². The van der Waals surface area contributed by atoms with E-state index in [-0.39, 0.29) is 6.04 Å². The Balaban J connectivity index is 2.33. The molecule has 1 aliphatic heterocycles. The minimum atomic E-state index is 0.0694. The van der Waals surface area contributed by atoms with E-state index in [0.717, 1.165) is 6.42 Å². The Morgan fingerprint density at radius 3 is 2.71 bits per heavy atom. The van der Waals surface area contributed by atoms with Gasteiger partial charge in [-0.3, -0.25) is 5.23 Å². The predicted octanol–water partition coefficient (Wildman–Crippen LogP) is 0.510. The first kappa shape index (κ1) is 5.03. The molecule has 0 aromatic carbocycles.